The Balaban J connectivity index is 1.31. The van der Waals surface area contributed by atoms with Gasteiger partial charge in [-0.15, -0.1) is 11.3 Å². The molecular weight excluding hydrogens is 354 g/mol. The number of thiazole rings is 1. The summed E-state index contributed by atoms with van der Waals surface area (Å²) in [4.78, 5) is 11.7. The highest BCUT2D eigenvalue weighted by molar-refractivity contribution is 7.09. The Morgan fingerprint density at radius 3 is 2.63 bits per heavy atom. The zero-order valence-corrected chi connectivity index (χ0v) is 15.8. The number of nitrogens with zero attached hydrogens (tertiary/aromatic N) is 5. The normalized spacial score (nSPS) is 16.1. The summed E-state index contributed by atoms with van der Waals surface area (Å²) in [5, 5.41) is 8.05. The van der Waals surface area contributed by atoms with Gasteiger partial charge in [0.2, 0.25) is 0 Å². The molecule has 3 aromatic heterocycles. The first-order chi connectivity index (χ1) is 13.3. The molecule has 5 rings (SSSR count). The largest absolute Gasteiger partial charge is 0.297 e. The predicted octanol–water partition coefficient (Wildman–Crippen LogP) is 4.23. The molecule has 0 unspecified atom stereocenters. The van der Waals surface area contributed by atoms with Crippen molar-refractivity contribution in [2.45, 2.75) is 25.3 Å². The SMILES string of the molecule is c1ccc(-c2ccc3nc(C4CCN(Cc5nccs5)CC4)nn3c2)cc1. The molecule has 6 heteroatoms. The molecule has 136 valence electrons. The highest BCUT2D eigenvalue weighted by Gasteiger charge is 2.24. The summed E-state index contributed by atoms with van der Waals surface area (Å²) in [5.41, 5.74) is 3.29. The van der Waals surface area contributed by atoms with E-state index in [0.29, 0.717) is 5.92 Å². The quantitative estimate of drug-likeness (QED) is 0.535. The summed E-state index contributed by atoms with van der Waals surface area (Å²) < 4.78 is 1.93. The first-order valence-electron chi connectivity index (χ1n) is 9.38. The zero-order chi connectivity index (χ0) is 18.1. The Morgan fingerprint density at radius 2 is 1.85 bits per heavy atom. The number of hydrogen-bond donors (Lipinski definition) is 0. The Labute approximate surface area is 162 Å². The van der Waals surface area contributed by atoms with Crippen LogP contribution in [0.15, 0.2) is 60.2 Å². The van der Waals surface area contributed by atoms with Gasteiger partial charge in [0.25, 0.3) is 0 Å². The molecule has 1 aromatic carbocycles. The van der Waals surface area contributed by atoms with Gasteiger partial charge in [0.15, 0.2) is 11.5 Å². The fraction of sp³-hybridized carbons (Fsp3) is 0.286. The number of benzene rings is 1. The third kappa shape index (κ3) is 3.50. The van der Waals surface area contributed by atoms with Crippen molar-refractivity contribution < 1.29 is 0 Å². The zero-order valence-electron chi connectivity index (χ0n) is 15.0. The van der Waals surface area contributed by atoms with Crippen LogP contribution in [0.1, 0.15) is 29.6 Å². The van der Waals surface area contributed by atoms with Gasteiger partial charge in [-0.3, -0.25) is 4.90 Å². The van der Waals surface area contributed by atoms with Crippen molar-refractivity contribution in [2.24, 2.45) is 0 Å². The van der Waals surface area contributed by atoms with Crippen LogP contribution in [0.5, 0.6) is 0 Å². The van der Waals surface area contributed by atoms with E-state index in [1.165, 1.54) is 10.6 Å². The summed E-state index contributed by atoms with van der Waals surface area (Å²) >= 11 is 1.74. The number of likely N-dealkylation sites (tertiary alicyclic amines) is 1. The second-order valence-corrected chi connectivity index (χ2v) is 8.01. The first-order valence-corrected chi connectivity index (χ1v) is 10.3. The monoisotopic (exact) mass is 375 g/mol. The van der Waals surface area contributed by atoms with E-state index in [4.69, 9.17) is 10.1 Å². The lowest BCUT2D eigenvalue weighted by molar-refractivity contribution is 0.201. The van der Waals surface area contributed by atoms with Gasteiger partial charge in [-0.05, 0) is 43.6 Å². The summed E-state index contributed by atoms with van der Waals surface area (Å²) in [5.74, 6) is 1.42. The van der Waals surface area contributed by atoms with E-state index in [-0.39, 0.29) is 0 Å². The third-order valence-electron chi connectivity index (χ3n) is 5.25. The molecule has 4 heterocycles. The number of piperidine rings is 1. The Kier molecular flexibility index (Phi) is 4.43. The fourth-order valence-corrected chi connectivity index (χ4v) is 4.40. The van der Waals surface area contributed by atoms with Gasteiger partial charge in [0, 0.05) is 29.3 Å². The number of rotatable bonds is 4. The second kappa shape index (κ2) is 7.21. The van der Waals surface area contributed by atoms with Gasteiger partial charge < -0.3 is 0 Å². The van der Waals surface area contributed by atoms with Crippen molar-refractivity contribution in [3.63, 3.8) is 0 Å². The molecule has 1 aliphatic heterocycles. The Bertz CT molecular complexity index is 1020. The van der Waals surface area contributed by atoms with E-state index in [1.54, 1.807) is 11.3 Å². The molecule has 0 aliphatic carbocycles. The maximum atomic E-state index is 4.80. The van der Waals surface area contributed by atoms with Gasteiger partial charge in [-0.25, -0.2) is 14.5 Å². The molecule has 0 spiro atoms. The Morgan fingerprint density at radius 1 is 1.00 bits per heavy atom. The van der Waals surface area contributed by atoms with Gasteiger partial charge in [-0.2, -0.15) is 5.10 Å². The molecule has 0 N–H and O–H groups in total. The molecule has 1 aliphatic rings. The molecule has 27 heavy (non-hydrogen) atoms. The molecule has 0 saturated carbocycles. The van der Waals surface area contributed by atoms with E-state index < -0.39 is 0 Å². The van der Waals surface area contributed by atoms with E-state index >= 15 is 0 Å². The molecule has 0 atom stereocenters. The molecule has 1 saturated heterocycles. The van der Waals surface area contributed by atoms with Crippen LogP contribution in [-0.4, -0.2) is 37.6 Å². The average Bonchev–Trinajstić information content (AvgIpc) is 3.38. The van der Waals surface area contributed by atoms with Crippen molar-refractivity contribution in [1.29, 1.82) is 0 Å². The van der Waals surface area contributed by atoms with E-state index in [0.717, 1.165) is 49.5 Å². The molecule has 4 aromatic rings. The van der Waals surface area contributed by atoms with Crippen molar-refractivity contribution in [3.8, 4) is 11.1 Å². The standard InChI is InChI=1S/C21H21N5S/c1-2-4-16(5-3-1)18-6-7-19-23-21(24-26(19)14-18)17-8-11-25(12-9-17)15-20-22-10-13-27-20/h1-7,10,13-14,17H,8-9,11-12,15H2. The third-order valence-corrected chi connectivity index (χ3v) is 6.01. The highest BCUT2D eigenvalue weighted by atomic mass is 32.1. The maximum absolute atomic E-state index is 4.80. The van der Waals surface area contributed by atoms with Crippen LogP contribution in [0.3, 0.4) is 0 Å². The summed E-state index contributed by atoms with van der Waals surface area (Å²) in [6.45, 7) is 3.12. The van der Waals surface area contributed by atoms with Crippen LogP contribution in [-0.2, 0) is 6.54 Å². The second-order valence-electron chi connectivity index (χ2n) is 7.03. The fourth-order valence-electron chi connectivity index (χ4n) is 3.75. The van der Waals surface area contributed by atoms with E-state index in [1.807, 2.05) is 22.2 Å². The van der Waals surface area contributed by atoms with Crippen LogP contribution in [0, 0.1) is 0 Å². The Hall–Kier alpha value is -2.57. The molecular formula is C21H21N5S. The van der Waals surface area contributed by atoms with Crippen molar-refractivity contribution >= 4 is 17.0 Å². The minimum absolute atomic E-state index is 0.442. The van der Waals surface area contributed by atoms with Gasteiger partial charge >= 0.3 is 0 Å². The van der Waals surface area contributed by atoms with Crippen LogP contribution >= 0.6 is 11.3 Å². The van der Waals surface area contributed by atoms with Crippen molar-refractivity contribution in [2.75, 3.05) is 13.1 Å². The smallest absolute Gasteiger partial charge is 0.155 e. The van der Waals surface area contributed by atoms with Crippen molar-refractivity contribution in [1.82, 2.24) is 24.5 Å². The lowest BCUT2D eigenvalue weighted by Gasteiger charge is -2.29. The van der Waals surface area contributed by atoms with Crippen LogP contribution in [0.4, 0.5) is 0 Å². The molecule has 5 nitrogen and oxygen atoms in total. The lowest BCUT2D eigenvalue weighted by atomic mass is 9.96. The van der Waals surface area contributed by atoms with Gasteiger partial charge in [0.1, 0.15) is 5.01 Å². The van der Waals surface area contributed by atoms with Gasteiger partial charge in [-0.1, -0.05) is 30.3 Å². The summed E-state index contributed by atoms with van der Waals surface area (Å²) in [6, 6.07) is 14.6. The van der Waals surface area contributed by atoms with E-state index in [9.17, 15) is 0 Å². The first kappa shape index (κ1) is 16.6. The lowest BCUT2D eigenvalue weighted by Crippen LogP contribution is -2.32. The maximum Gasteiger partial charge on any atom is 0.155 e. The van der Waals surface area contributed by atoms with Crippen LogP contribution < -0.4 is 0 Å². The summed E-state index contributed by atoms with van der Waals surface area (Å²) in [7, 11) is 0. The predicted molar refractivity (Wildman–Crippen MR) is 108 cm³/mol. The number of aromatic nitrogens is 4. The van der Waals surface area contributed by atoms with E-state index in [2.05, 4.69) is 52.5 Å². The minimum atomic E-state index is 0.442. The molecule has 0 radical (unpaired) electrons. The topological polar surface area (TPSA) is 46.3 Å². The minimum Gasteiger partial charge on any atom is -0.297 e. The summed E-state index contributed by atoms with van der Waals surface area (Å²) in [6.07, 6.45) is 6.18. The highest BCUT2D eigenvalue weighted by Crippen LogP contribution is 2.28. The molecule has 1 fully saturated rings. The van der Waals surface area contributed by atoms with Crippen LogP contribution in [0.25, 0.3) is 16.8 Å². The average molecular weight is 376 g/mol. The van der Waals surface area contributed by atoms with Crippen LogP contribution in [0.2, 0.25) is 0 Å². The van der Waals surface area contributed by atoms with Crippen molar-refractivity contribution in [3.05, 3.63) is 71.1 Å². The number of pyridine rings is 1. The van der Waals surface area contributed by atoms with Gasteiger partial charge in [0.05, 0.1) is 6.54 Å². The number of hydrogen-bond acceptors (Lipinski definition) is 5. The number of fused-ring (bicyclic) bond motifs is 1. The molecule has 0 amide bonds. The molecule has 0 bridgehead atoms.